The number of rotatable bonds is 3. The van der Waals surface area contributed by atoms with E-state index in [-0.39, 0.29) is 5.75 Å². The SMILES string of the molecule is Cc1cc(N)ccc1OC(F)(F)C(F)Cl. The van der Waals surface area contributed by atoms with E-state index in [1.54, 1.807) is 0 Å². The molecule has 15 heavy (non-hydrogen) atoms. The summed E-state index contributed by atoms with van der Waals surface area (Å²) >= 11 is 4.64. The summed E-state index contributed by atoms with van der Waals surface area (Å²) in [5.41, 5.74) is 3.30. The highest BCUT2D eigenvalue weighted by atomic mass is 35.5. The number of hydrogen-bond acceptors (Lipinski definition) is 2. The Hall–Kier alpha value is -1.10. The molecule has 1 unspecified atom stereocenters. The molecule has 1 aromatic carbocycles. The zero-order chi connectivity index (χ0) is 11.6. The van der Waals surface area contributed by atoms with Gasteiger partial charge in [0.25, 0.3) is 5.63 Å². The van der Waals surface area contributed by atoms with Gasteiger partial charge in [-0.25, -0.2) is 4.39 Å². The van der Waals surface area contributed by atoms with E-state index in [4.69, 9.17) is 5.73 Å². The van der Waals surface area contributed by atoms with Crippen molar-refractivity contribution in [2.24, 2.45) is 0 Å². The monoisotopic (exact) mass is 239 g/mol. The minimum absolute atomic E-state index is 0.155. The van der Waals surface area contributed by atoms with Crippen molar-refractivity contribution in [3.05, 3.63) is 23.8 Å². The summed E-state index contributed by atoms with van der Waals surface area (Å²) in [7, 11) is 0. The number of aryl methyl sites for hydroxylation is 1. The second-order valence-electron chi connectivity index (χ2n) is 2.99. The minimum atomic E-state index is -4.05. The first-order chi connectivity index (χ1) is 6.83. The Bertz CT molecular complexity index is 357. The highest BCUT2D eigenvalue weighted by Crippen LogP contribution is 2.31. The van der Waals surface area contributed by atoms with Gasteiger partial charge in [-0.2, -0.15) is 8.78 Å². The van der Waals surface area contributed by atoms with E-state index >= 15 is 0 Å². The van der Waals surface area contributed by atoms with E-state index in [1.807, 2.05) is 0 Å². The van der Waals surface area contributed by atoms with Gasteiger partial charge in [0.2, 0.25) is 0 Å². The number of nitrogen functional groups attached to an aromatic ring is 1. The van der Waals surface area contributed by atoms with Crippen LogP contribution in [0.4, 0.5) is 18.9 Å². The first-order valence-corrected chi connectivity index (χ1v) is 4.47. The van der Waals surface area contributed by atoms with Gasteiger partial charge < -0.3 is 10.5 Å². The largest absolute Gasteiger partial charge is 0.444 e. The van der Waals surface area contributed by atoms with Crippen molar-refractivity contribution >= 4 is 17.3 Å². The summed E-state index contributed by atoms with van der Waals surface area (Å²) in [6.07, 6.45) is -4.05. The molecule has 0 radical (unpaired) electrons. The molecule has 0 saturated heterocycles. The Kier molecular flexibility index (Phi) is 3.34. The average molecular weight is 240 g/mol. The molecule has 1 atom stereocenters. The van der Waals surface area contributed by atoms with Gasteiger partial charge in [0.05, 0.1) is 0 Å². The Morgan fingerprint density at radius 2 is 2.07 bits per heavy atom. The highest BCUT2D eigenvalue weighted by molar-refractivity contribution is 6.20. The second-order valence-corrected chi connectivity index (χ2v) is 3.37. The lowest BCUT2D eigenvalue weighted by Gasteiger charge is -2.19. The molecule has 1 aromatic rings. The van der Waals surface area contributed by atoms with Crippen molar-refractivity contribution in [1.82, 2.24) is 0 Å². The Labute approximate surface area is 89.8 Å². The lowest BCUT2D eigenvalue weighted by atomic mass is 10.2. The third-order valence-corrected chi connectivity index (χ3v) is 1.95. The van der Waals surface area contributed by atoms with Gasteiger partial charge in [-0.15, -0.1) is 0 Å². The molecule has 0 amide bonds. The van der Waals surface area contributed by atoms with E-state index in [9.17, 15) is 13.2 Å². The van der Waals surface area contributed by atoms with Crippen LogP contribution in [0.2, 0.25) is 0 Å². The van der Waals surface area contributed by atoms with Crippen LogP contribution in [0.25, 0.3) is 0 Å². The molecule has 6 heteroatoms. The fourth-order valence-electron chi connectivity index (χ4n) is 0.978. The van der Waals surface area contributed by atoms with Crippen molar-refractivity contribution in [2.75, 3.05) is 5.73 Å². The van der Waals surface area contributed by atoms with Gasteiger partial charge >= 0.3 is 6.11 Å². The molecule has 0 aliphatic rings. The zero-order valence-electron chi connectivity index (χ0n) is 7.81. The van der Waals surface area contributed by atoms with Crippen LogP contribution < -0.4 is 10.5 Å². The van der Waals surface area contributed by atoms with Gasteiger partial charge in [0, 0.05) is 5.69 Å². The molecule has 0 heterocycles. The predicted octanol–water partition coefficient (Wildman–Crippen LogP) is 3.08. The molecule has 0 aliphatic carbocycles. The number of hydrogen-bond donors (Lipinski definition) is 1. The molecule has 0 spiro atoms. The van der Waals surface area contributed by atoms with E-state index in [0.717, 1.165) is 0 Å². The Balaban J connectivity index is 2.90. The number of halogens is 4. The lowest BCUT2D eigenvalue weighted by Crippen LogP contribution is -2.33. The maximum Gasteiger partial charge on any atom is 0.444 e. The molecule has 1 rings (SSSR count). The van der Waals surface area contributed by atoms with Gasteiger partial charge in [-0.05, 0) is 30.7 Å². The molecule has 0 aliphatic heterocycles. The van der Waals surface area contributed by atoms with Crippen molar-refractivity contribution in [3.8, 4) is 5.75 Å². The van der Waals surface area contributed by atoms with Crippen LogP contribution in [-0.2, 0) is 0 Å². The smallest absolute Gasteiger partial charge is 0.429 e. The highest BCUT2D eigenvalue weighted by Gasteiger charge is 2.42. The molecule has 84 valence electrons. The first-order valence-electron chi connectivity index (χ1n) is 4.04. The van der Waals surface area contributed by atoms with Crippen LogP contribution in [-0.4, -0.2) is 11.7 Å². The van der Waals surface area contributed by atoms with Gasteiger partial charge in [0.1, 0.15) is 5.75 Å². The summed E-state index contributed by atoms with van der Waals surface area (Å²) in [4.78, 5) is 0. The predicted molar refractivity (Wildman–Crippen MR) is 51.9 cm³/mol. The number of ether oxygens (including phenoxy) is 1. The number of alkyl halides is 4. The third kappa shape index (κ3) is 2.92. The maximum atomic E-state index is 12.8. The first kappa shape index (κ1) is 12.0. The van der Waals surface area contributed by atoms with Crippen LogP contribution in [0, 0.1) is 6.92 Å². The molecule has 0 saturated carbocycles. The van der Waals surface area contributed by atoms with Gasteiger partial charge in [0.15, 0.2) is 0 Å². The second kappa shape index (κ2) is 4.18. The Morgan fingerprint density at radius 1 is 1.47 bits per heavy atom. The minimum Gasteiger partial charge on any atom is -0.429 e. The van der Waals surface area contributed by atoms with Crippen molar-refractivity contribution < 1.29 is 17.9 Å². The average Bonchev–Trinajstić information content (AvgIpc) is 2.09. The molecule has 2 N–H and O–H groups in total. The quantitative estimate of drug-likeness (QED) is 0.650. The van der Waals surface area contributed by atoms with Crippen LogP contribution in [0.15, 0.2) is 18.2 Å². The van der Waals surface area contributed by atoms with E-state index < -0.39 is 11.7 Å². The van der Waals surface area contributed by atoms with E-state index in [2.05, 4.69) is 16.3 Å². The molecule has 2 nitrogen and oxygen atoms in total. The van der Waals surface area contributed by atoms with Crippen LogP contribution in [0.1, 0.15) is 5.56 Å². The van der Waals surface area contributed by atoms with E-state index in [0.29, 0.717) is 11.3 Å². The van der Waals surface area contributed by atoms with Gasteiger partial charge in [-0.1, -0.05) is 11.6 Å². The zero-order valence-corrected chi connectivity index (χ0v) is 8.56. The number of benzene rings is 1. The third-order valence-electron chi connectivity index (χ3n) is 1.70. The molecular formula is C9H9ClF3NO. The van der Waals surface area contributed by atoms with Gasteiger partial charge in [-0.3, -0.25) is 0 Å². The van der Waals surface area contributed by atoms with Crippen molar-refractivity contribution in [3.63, 3.8) is 0 Å². The maximum absolute atomic E-state index is 12.8. The van der Waals surface area contributed by atoms with Crippen molar-refractivity contribution in [2.45, 2.75) is 18.7 Å². The fourth-order valence-corrected chi connectivity index (χ4v) is 1.02. The summed E-state index contributed by atoms with van der Waals surface area (Å²) < 4.78 is 41.9. The van der Waals surface area contributed by atoms with Crippen molar-refractivity contribution in [1.29, 1.82) is 0 Å². The van der Waals surface area contributed by atoms with Crippen LogP contribution >= 0.6 is 11.6 Å². The standard InChI is InChI=1S/C9H9ClF3NO/c1-5-4-6(14)2-3-7(5)15-9(12,13)8(10)11/h2-4,8H,14H2,1H3. The molecule has 0 bridgehead atoms. The molecule has 0 fully saturated rings. The summed E-state index contributed by atoms with van der Waals surface area (Å²) in [6, 6.07) is 4.05. The molecular weight excluding hydrogens is 231 g/mol. The summed E-state index contributed by atoms with van der Waals surface area (Å²) in [5.74, 6) is -0.155. The molecule has 0 aromatic heterocycles. The summed E-state index contributed by atoms with van der Waals surface area (Å²) in [6.45, 7) is 1.52. The number of anilines is 1. The summed E-state index contributed by atoms with van der Waals surface area (Å²) in [5, 5.41) is 0. The van der Waals surface area contributed by atoms with Crippen LogP contribution in [0.3, 0.4) is 0 Å². The van der Waals surface area contributed by atoms with E-state index in [1.165, 1.54) is 25.1 Å². The van der Waals surface area contributed by atoms with Crippen LogP contribution in [0.5, 0.6) is 5.75 Å². The number of nitrogens with two attached hydrogens (primary N) is 1. The normalized spacial score (nSPS) is 13.7. The fraction of sp³-hybridized carbons (Fsp3) is 0.333. The Morgan fingerprint density at radius 3 is 2.53 bits per heavy atom. The lowest BCUT2D eigenvalue weighted by molar-refractivity contribution is -0.199. The topological polar surface area (TPSA) is 35.2 Å².